The summed E-state index contributed by atoms with van der Waals surface area (Å²) in [7, 11) is 0. The van der Waals surface area contributed by atoms with E-state index in [0.29, 0.717) is 0 Å². The molecule has 1 saturated carbocycles. The fourth-order valence-corrected chi connectivity index (χ4v) is 3.51. The average molecular weight is 287 g/mol. The molecule has 2 fully saturated rings. The molecule has 21 heavy (non-hydrogen) atoms. The van der Waals surface area contributed by atoms with Crippen LogP contribution in [0.15, 0.2) is 30.3 Å². The first-order valence-corrected chi connectivity index (χ1v) is 8.24. The molecule has 2 aliphatic rings. The molecule has 1 aromatic carbocycles. The lowest BCUT2D eigenvalue weighted by Gasteiger charge is -2.40. The maximum atomic E-state index is 12.5. The number of carbonyl (C=O) groups excluding carboxylic acids is 1. The van der Waals surface area contributed by atoms with Gasteiger partial charge >= 0.3 is 0 Å². The van der Waals surface area contributed by atoms with Crippen molar-refractivity contribution < 1.29 is 9.53 Å². The molecule has 1 heterocycles. The Morgan fingerprint density at radius 2 is 1.71 bits per heavy atom. The van der Waals surface area contributed by atoms with Gasteiger partial charge in [0, 0.05) is 13.1 Å². The van der Waals surface area contributed by atoms with E-state index in [2.05, 4.69) is 0 Å². The summed E-state index contributed by atoms with van der Waals surface area (Å²) in [5.41, 5.74) is 0. The molecule has 1 aromatic rings. The lowest BCUT2D eigenvalue weighted by atomic mass is 9.72. The fourth-order valence-electron chi connectivity index (χ4n) is 3.51. The van der Waals surface area contributed by atoms with E-state index in [9.17, 15) is 4.79 Å². The first-order valence-electron chi connectivity index (χ1n) is 8.24. The lowest BCUT2D eigenvalue weighted by Crippen LogP contribution is -2.46. The third kappa shape index (κ3) is 3.39. The largest absolute Gasteiger partial charge is 0.481 e. The van der Waals surface area contributed by atoms with Crippen molar-refractivity contribution >= 4 is 5.91 Å². The van der Waals surface area contributed by atoms with Crippen molar-refractivity contribution in [2.24, 2.45) is 11.8 Å². The van der Waals surface area contributed by atoms with Gasteiger partial charge in [0.2, 0.25) is 0 Å². The van der Waals surface area contributed by atoms with E-state index >= 15 is 0 Å². The summed E-state index contributed by atoms with van der Waals surface area (Å²) in [6, 6.07) is 9.59. The normalized spacial score (nSPS) is 21.7. The minimum Gasteiger partial charge on any atom is -0.481 e. The minimum atomic E-state index is -0.396. The van der Waals surface area contributed by atoms with E-state index in [0.717, 1.165) is 30.7 Å². The summed E-state index contributed by atoms with van der Waals surface area (Å²) in [4.78, 5) is 14.5. The Kier molecular flexibility index (Phi) is 4.47. The molecule has 0 radical (unpaired) electrons. The Hall–Kier alpha value is -1.51. The number of amides is 1. The van der Waals surface area contributed by atoms with Gasteiger partial charge in [0.25, 0.3) is 5.91 Å². The second kappa shape index (κ2) is 6.50. The number of likely N-dealkylation sites (tertiary alicyclic amines) is 1. The number of hydrogen-bond donors (Lipinski definition) is 0. The smallest absolute Gasteiger partial charge is 0.263 e. The van der Waals surface area contributed by atoms with Crippen molar-refractivity contribution in [3.8, 4) is 5.75 Å². The highest BCUT2D eigenvalue weighted by molar-refractivity contribution is 5.81. The van der Waals surface area contributed by atoms with Crippen LogP contribution < -0.4 is 4.74 Å². The van der Waals surface area contributed by atoms with Gasteiger partial charge in [0.05, 0.1) is 0 Å². The Morgan fingerprint density at radius 3 is 2.29 bits per heavy atom. The second-order valence-electron chi connectivity index (χ2n) is 6.43. The predicted octanol–water partition coefficient (Wildman–Crippen LogP) is 3.49. The van der Waals surface area contributed by atoms with Gasteiger partial charge in [-0.3, -0.25) is 4.79 Å². The summed E-state index contributed by atoms with van der Waals surface area (Å²) < 4.78 is 5.74. The van der Waals surface area contributed by atoms with Gasteiger partial charge < -0.3 is 9.64 Å². The van der Waals surface area contributed by atoms with Gasteiger partial charge in [0.15, 0.2) is 6.10 Å². The Morgan fingerprint density at radius 1 is 1.10 bits per heavy atom. The standard InChI is InChI=1S/C18H25NO2/c1-14(21-17-8-3-2-4-9-17)18(20)19-12-10-16(11-13-19)15-6-5-7-15/h2-4,8-9,14-16H,5-7,10-13H2,1H3. The maximum absolute atomic E-state index is 12.5. The molecule has 1 aliphatic heterocycles. The number of benzene rings is 1. The number of hydrogen-bond acceptors (Lipinski definition) is 2. The van der Waals surface area contributed by atoms with Crippen LogP contribution in [0.25, 0.3) is 0 Å². The molecule has 3 nitrogen and oxygen atoms in total. The van der Waals surface area contributed by atoms with Crippen molar-refractivity contribution in [3.05, 3.63) is 30.3 Å². The molecule has 3 rings (SSSR count). The zero-order chi connectivity index (χ0) is 14.7. The van der Waals surface area contributed by atoms with E-state index in [1.165, 1.54) is 32.1 Å². The summed E-state index contributed by atoms with van der Waals surface area (Å²) in [6.45, 7) is 3.67. The lowest BCUT2D eigenvalue weighted by molar-refractivity contribution is -0.139. The van der Waals surface area contributed by atoms with Crippen LogP contribution >= 0.6 is 0 Å². The molecule has 114 valence electrons. The number of nitrogens with zero attached hydrogens (tertiary/aromatic N) is 1. The Labute approximate surface area is 127 Å². The zero-order valence-corrected chi connectivity index (χ0v) is 12.8. The van der Waals surface area contributed by atoms with Gasteiger partial charge in [0.1, 0.15) is 5.75 Å². The summed E-state index contributed by atoms with van der Waals surface area (Å²) >= 11 is 0. The molecule has 1 aliphatic carbocycles. The van der Waals surface area contributed by atoms with E-state index in [4.69, 9.17) is 4.74 Å². The van der Waals surface area contributed by atoms with Crippen LogP contribution in [0.1, 0.15) is 39.0 Å². The molecule has 1 unspecified atom stereocenters. The van der Waals surface area contributed by atoms with E-state index in [-0.39, 0.29) is 5.91 Å². The molecule has 3 heteroatoms. The first-order chi connectivity index (χ1) is 10.2. The van der Waals surface area contributed by atoms with Gasteiger partial charge in [-0.2, -0.15) is 0 Å². The zero-order valence-electron chi connectivity index (χ0n) is 12.8. The third-order valence-electron chi connectivity index (χ3n) is 5.07. The molecule has 1 saturated heterocycles. The van der Waals surface area contributed by atoms with Crippen LogP contribution in [0.3, 0.4) is 0 Å². The third-order valence-corrected chi connectivity index (χ3v) is 5.07. The molecular weight excluding hydrogens is 262 g/mol. The van der Waals surface area contributed by atoms with Crippen molar-refractivity contribution in [2.75, 3.05) is 13.1 Å². The highest BCUT2D eigenvalue weighted by Gasteiger charge is 2.32. The van der Waals surface area contributed by atoms with Crippen LogP contribution in [0.4, 0.5) is 0 Å². The quantitative estimate of drug-likeness (QED) is 0.848. The van der Waals surface area contributed by atoms with Crippen LogP contribution in [0, 0.1) is 11.8 Å². The fraction of sp³-hybridized carbons (Fsp3) is 0.611. The molecule has 0 aromatic heterocycles. The highest BCUT2D eigenvalue weighted by Crippen LogP contribution is 2.38. The van der Waals surface area contributed by atoms with Crippen LogP contribution in [0.5, 0.6) is 5.75 Å². The number of para-hydroxylation sites is 1. The average Bonchev–Trinajstić information content (AvgIpc) is 2.46. The number of piperidine rings is 1. The summed E-state index contributed by atoms with van der Waals surface area (Å²) in [5, 5.41) is 0. The van der Waals surface area contributed by atoms with Crippen molar-refractivity contribution in [2.45, 2.75) is 45.1 Å². The van der Waals surface area contributed by atoms with Crippen molar-refractivity contribution in [3.63, 3.8) is 0 Å². The SMILES string of the molecule is CC(Oc1ccccc1)C(=O)N1CCC(C2CCC2)CC1. The molecule has 0 N–H and O–H groups in total. The van der Waals surface area contributed by atoms with E-state index < -0.39 is 6.10 Å². The van der Waals surface area contributed by atoms with E-state index in [1.54, 1.807) is 0 Å². The van der Waals surface area contributed by atoms with Crippen molar-refractivity contribution in [1.29, 1.82) is 0 Å². The van der Waals surface area contributed by atoms with E-state index in [1.807, 2.05) is 42.2 Å². The van der Waals surface area contributed by atoms with Gasteiger partial charge in [-0.15, -0.1) is 0 Å². The molecule has 0 spiro atoms. The molecule has 0 bridgehead atoms. The Balaban J connectivity index is 1.49. The monoisotopic (exact) mass is 287 g/mol. The Bertz CT molecular complexity index is 461. The van der Waals surface area contributed by atoms with Gasteiger partial charge in [-0.1, -0.05) is 37.5 Å². The summed E-state index contributed by atoms with van der Waals surface area (Å²) in [6.07, 6.45) is 6.18. The summed E-state index contributed by atoms with van der Waals surface area (Å²) in [5.74, 6) is 2.70. The number of carbonyl (C=O) groups is 1. The van der Waals surface area contributed by atoms with Gasteiger partial charge in [-0.25, -0.2) is 0 Å². The first kappa shape index (κ1) is 14.4. The predicted molar refractivity (Wildman–Crippen MR) is 83.2 cm³/mol. The topological polar surface area (TPSA) is 29.5 Å². The van der Waals surface area contributed by atoms with Crippen molar-refractivity contribution in [1.82, 2.24) is 4.90 Å². The van der Waals surface area contributed by atoms with Crippen LogP contribution in [-0.4, -0.2) is 30.0 Å². The van der Waals surface area contributed by atoms with Gasteiger partial charge in [-0.05, 0) is 43.7 Å². The van der Waals surface area contributed by atoms with Crippen LogP contribution in [-0.2, 0) is 4.79 Å². The number of ether oxygens (including phenoxy) is 1. The molecule has 1 amide bonds. The minimum absolute atomic E-state index is 0.130. The second-order valence-corrected chi connectivity index (χ2v) is 6.43. The maximum Gasteiger partial charge on any atom is 0.263 e. The molecule has 1 atom stereocenters. The highest BCUT2D eigenvalue weighted by atomic mass is 16.5. The van der Waals surface area contributed by atoms with Crippen LogP contribution in [0.2, 0.25) is 0 Å². The molecular formula is C18H25NO2. The number of rotatable bonds is 4.